The van der Waals surface area contributed by atoms with Gasteiger partial charge in [-0.15, -0.1) is 0 Å². The van der Waals surface area contributed by atoms with Crippen LogP contribution in [0.3, 0.4) is 0 Å². The van der Waals surface area contributed by atoms with Crippen LogP contribution in [0.4, 0.5) is 0 Å². The monoisotopic (exact) mass is 291 g/mol. The van der Waals surface area contributed by atoms with Gasteiger partial charge in [-0.3, -0.25) is 4.57 Å². The second-order valence-corrected chi connectivity index (χ2v) is 10.9. The molecule has 0 N–H and O–H groups in total. The summed E-state index contributed by atoms with van der Waals surface area (Å²) in [6, 6.07) is 10.7. The molecule has 0 saturated carbocycles. The molecule has 0 bridgehead atoms. The van der Waals surface area contributed by atoms with Gasteiger partial charge >= 0.3 is 0 Å². The average Bonchev–Trinajstić information content (AvgIpc) is 2.77. The molecule has 0 aliphatic heterocycles. The molecule has 2 aromatic rings. The van der Waals surface area contributed by atoms with E-state index in [0.29, 0.717) is 13.2 Å². The first-order valence-corrected chi connectivity index (χ1v) is 10.8. The highest BCUT2D eigenvalue weighted by molar-refractivity contribution is 6.88. The van der Waals surface area contributed by atoms with Crippen LogP contribution in [0.2, 0.25) is 19.6 Å². The molecule has 0 unspecified atom stereocenters. The summed E-state index contributed by atoms with van der Waals surface area (Å²) in [4.78, 5) is 0. The summed E-state index contributed by atoms with van der Waals surface area (Å²) in [5.41, 5.74) is 1.19. The zero-order valence-electron chi connectivity index (χ0n) is 13.1. The van der Waals surface area contributed by atoms with Crippen molar-refractivity contribution in [3.05, 3.63) is 30.3 Å². The molecule has 1 aromatic carbocycles. The first-order chi connectivity index (χ1) is 9.49. The molecule has 0 saturated heterocycles. The van der Waals surface area contributed by atoms with E-state index >= 15 is 0 Å². The van der Waals surface area contributed by atoms with Crippen molar-refractivity contribution in [3.8, 4) is 0 Å². The Hall–Kier alpha value is -1.10. The van der Waals surface area contributed by atoms with Gasteiger partial charge in [0, 0.05) is 18.5 Å². The number of hydrogen-bond acceptors (Lipinski definition) is 2. The summed E-state index contributed by atoms with van der Waals surface area (Å²) in [5.74, 6) is 0. The van der Waals surface area contributed by atoms with Gasteiger partial charge in [0.15, 0.2) is 0 Å². The van der Waals surface area contributed by atoms with E-state index in [-0.39, 0.29) is 6.41 Å². The van der Waals surface area contributed by atoms with E-state index in [1.165, 1.54) is 16.2 Å². The Kier molecular flexibility index (Phi) is 4.68. The summed E-state index contributed by atoms with van der Waals surface area (Å²) in [7, 11) is -1.48. The topological polar surface area (TPSA) is 23.4 Å². The minimum atomic E-state index is -1.48. The minimum Gasteiger partial charge on any atom is -0.335 e. The van der Waals surface area contributed by atoms with Gasteiger partial charge in [0.1, 0.15) is 0 Å². The molecular formula is C16H25NO2Si. The zero-order valence-corrected chi connectivity index (χ0v) is 14.1. The smallest absolute Gasteiger partial charge is 0.244 e. The summed E-state index contributed by atoms with van der Waals surface area (Å²) in [5, 5.41) is 2.62. The molecule has 0 aliphatic carbocycles. The lowest BCUT2D eigenvalue weighted by Gasteiger charge is -2.26. The molecule has 1 aromatic heterocycles. The van der Waals surface area contributed by atoms with Crippen LogP contribution >= 0.6 is 0 Å². The fourth-order valence-electron chi connectivity index (χ4n) is 2.46. The van der Waals surface area contributed by atoms with Gasteiger partial charge in [0.25, 0.3) is 0 Å². The van der Waals surface area contributed by atoms with Gasteiger partial charge < -0.3 is 9.47 Å². The predicted octanol–water partition coefficient (Wildman–Crippen LogP) is 3.72. The summed E-state index contributed by atoms with van der Waals surface area (Å²) in [6.45, 7) is 12.4. The lowest BCUT2D eigenvalue weighted by molar-refractivity contribution is -0.182. The van der Waals surface area contributed by atoms with Crippen molar-refractivity contribution in [3.63, 3.8) is 0 Å². The Bertz CT molecular complexity index is 565. The van der Waals surface area contributed by atoms with Crippen molar-refractivity contribution in [1.82, 2.24) is 4.57 Å². The highest BCUT2D eigenvalue weighted by Gasteiger charge is 2.27. The van der Waals surface area contributed by atoms with Crippen LogP contribution < -0.4 is 5.32 Å². The maximum Gasteiger partial charge on any atom is 0.244 e. The number of nitrogens with zero attached hydrogens (tertiary/aromatic N) is 1. The van der Waals surface area contributed by atoms with Crippen molar-refractivity contribution < 1.29 is 9.47 Å². The van der Waals surface area contributed by atoms with E-state index in [1.54, 1.807) is 0 Å². The molecule has 0 spiro atoms. The Morgan fingerprint density at radius 2 is 1.65 bits per heavy atom. The van der Waals surface area contributed by atoms with Gasteiger partial charge in [-0.25, -0.2) is 0 Å². The van der Waals surface area contributed by atoms with Gasteiger partial charge in [-0.1, -0.05) is 37.8 Å². The van der Waals surface area contributed by atoms with Crippen LogP contribution in [0.25, 0.3) is 10.9 Å². The van der Waals surface area contributed by atoms with Crippen LogP contribution in [0.5, 0.6) is 0 Å². The van der Waals surface area contributed by atoms with Crippen molar-refractivity contribution in [2.75, 3.05) is 13.2 Å². The third-order valence-electron chi connectivity index (χ3n) is 3.35. The number of aromatic nitrogens is 1. The molecule has 0 amide bonds. The molecule has 0 atom stereocenters. The molecule has 0 aliphatic rings. The third-order valence-corrected chi connectivity index (χ3v) is 5.27. The number of para-hydroxylation sites is 1. The van der Waals surface area contributed by atoms with E-state index in [2.05, 4.69) is 54.5 Å². The number of hydrogen-bond donors (Lipinski definition) is 0. The van der Waals surface area contributed by atoms with Crippen molar-refractivity contribution in [2.45, 2.75) is 39.9 Å². The lowest BCUT2D eigenvalue weighted by Crippen LogP contribution is -2.44. The second kappa shape index (κ2) is 6.12. The van der Waals surface area contributed by atoms with Crippen LogP contribution in [0, 0.1) is 0 Å². The maximum absolute atomic E-state index is 5.83. The number of rotatable bonds is 6. The summed E-state index contributed by atoms with van der Waals surface area (Å²) >= 11 is 0. The average molecular weight is 291 g/mol. The van der Waals surface area contributed by atoms with Crippen molar-refractivity contribution in [2.24, 2.45) is 0 Å². The Balaban J connectivity index is 2.63. The van der Waals surface area contributed by atoms with Crippen LogP contribution in [0.15, 0.2) is 30.3 Å². The lowest BCUT2D eigenvalue weighted by atomic mass is 10.2. The molecule has 2 rings (SSSR count). The standard InChI is InChI=1S/C16H25NO2Si/c1-6-18-16(19-7-2)17-14-11-9-8-10-13(14)12-15(17)20(3,4)5/h8-12,16H,6-7H2,1-5H3. The molecule has 20 heavy (non-hydrogen) atoms. The highest BCUT2D eigenvalue weighted by Crippen LogP contribution is 2.23. The SMILES string of the molecule is CCOC(OCC)n1c([Si](C)(C)C)cc2ccccc21. The fraction of sp³-hybridized carbons (Fsp3) is 0.500. The number of fused-ring (bicyclic) bond motifs is 1. The van der Waals surface area contributed by atoms with Gasteiger partial charge in [-0.05, 0) is 31.4 Å². The largest absolute Gasteiger partial charge is 0.335 e. The second-order valence-electron chi connectivity index (χ2n) is 5.93. The van der Waals surface area contributed by atoms with Crippen LogP contribution in [-0.2, 0) is 9.47 Å². The van der Waals surface area contributed by atoms with E-state index < -0.39 is 8.07 Å². The number of ether oxygens (including phenoxy) is 2. The minimum absolute atomic E-state index is 0.327. The van der Waals surface area contributed by atoms with Gasteiger partial charge in [0.2, 0.25) is 6.41 Å². The molecule has 1 heterocycles. The highest BCUT2D eigenvalue weighted by atomic mass is 28.3. The Morgan fingerprint density at radius 3 is 2.20 bits per heavy atom. The Morgan fingerprint density at radius 1 is 1.05 bits per heavy atom. The number of benzene rings is 1. The van der Waals surface area contributed by atoms with E-state index in [1.807, 2.05) is 13.8 Å². The predicted molar refractivity (Wildman–Crippen MR) is 87.2 cm³/mol. The normalized spacial score (nSPS) is 12.5. The van der Waals surface area contributed by atoms with E-state index in [4.69, 9.17) is 9.47 Å². The van der Waals surface area contributed by atoms with Crippen molar-refractivity contribution in [1.29, 1.82) is 0 Å². The summed E-state index contributed by atoms with van der Waals surface area (Å²) < 4.78 is 13.9. The molecule has 110 valence electrons. The molecule has 4 heteroatoms. The Labute approximate surface area is 122 Å². The van der Waals surface area contributed by atoms with Crippen molar-refractivity contribution >= 4 is 24.3 Å². The fourth-order valence-corrected chi connectivity index (χ4v) is 4.00. The van der Waals surface area contributed by atoms with E-state index in [9.17, 15) is 0 Å². The van der Waals surface area contributed by atoms with Gasteiger partial charge in [-0.2, -0.15) is 0 Å². The summed E-state index contributed by atoms with van der Waals surface area (Å²) in [6.07, 6.45) is -0.327. The zero-order chi connectivity index (χ0) is 14.8. The van der Waals surface area contributed by atoms with Crippen LogP contribution in [0.1, 0.15) is 20.3 Å². The third kappa shape index (κ3) is 2.97. The van der Waals surface area contributed by atoms with E-state index in [0.717, 1.165) is 0 Å². The first-order valence-electron chi connectivity index (χ1n) is 7.32. The quantitative estimate of drug-likeness (QED) is 0.598. The molecular weight excluding hydrogens is 266 g/mol. The maximum atomic E-state index is 5.83. The molecule has 0 radical (unpaired) electrons. The van der Waals surface area contributed by atoms with Gasteiger partial charge in [0.05, 0.1) is 13.6 Å². The van der Waals surface area contributed by atoms with Crippen LogP contribution in [-0.4, -0.2) is 25.9 Å². The first kappa shape index (κ1) is 15.3. The molecule has 0 fully saturated rings. The molecule has 3 nitrogen and oxygen atoms in total.